The van der Waals surface area contributed by atoms with E-state index in [1.807, 2.05) is 0 Å². The maximum atomic E-state index is 10.6. The van der Waals surface area contributed by atoms with Crippen LogP contribution in [0.1, 0.15) is 19.3 Å². The fourth-order valence-electron chi connectivity index (χ4n) is 1.71. The van der Waals surface area contributed by atoms with Gasteiger partial charge in [0.25, 0.3) is 0 Å². The predicted octanol–water partition coefficient (Wildman–Crippen LogP) is 0.756. The summed E-state index contributed by atoms with van der Waals surface area (Å²) in [5, 5.41) is 0. The van der Waals surface area contributed by atoms with Crippen LogP contribution in [0.2, 0.25) is 0 Å². The van der Waals surface area contributed by atoms with Crippen LogP contribution in [0.4, 0.5) is 0 Å². The van der Waals surface area contributed by atoms with Gasteiger partial charge >= 0.3 is 0 Å². The summed E-state index contributed by atoms with van der Waals surface area (Å²) in [4.78, 5) is 10.6. The molecule has 1 saturated heterocycles. The highest BCUT2D eigenvalue weighted by Crippen LogP contribution is 2.44. The number of carbonyl (C=O) groups is 1. The van der Waals surface area contributed by atoms with E-state index in [2.05, 4.69) is 0 Å². The highest BCUT2D eigenvalue weighted by atomic mass is 16.5. The first-order valence-electron chi connectivity index (χ1n) is 3.40. The summed E-state index contributed by atoms with van der Waals surface area (Å²) in [6, 6.07) is 0. The van der Waals surface area contributed by atoms with Crippen molar-refractivity contribution in [2.24, 2.45) is 5.41 Å². The number of rotatable bonds is 0. The molecule has 2 rings (SSSR count). The van der Waals surface area contributed by atoms with Crippen LogP contribution in [-0.2, 0) is 9.53 Å². The van der Waals surface area contributed by atoms with Crippen LogP contribution in [-0.4, -0.2) is 19.0 Å². The molecule has 0 aromatic rings. The second kappa shape index (κ2) is 1.57. The molecule has 1 heterocycles. The highest BCUT2D eigenvalue weighted by Gasteiger charge is 2.45. The Labute approximate surface area is 54.2 Å². The number of Topliss-reactive ketones (excluding diaryl/α,β-unsaturated/α-hetero) is 1. The molecule has 0 atom stereocenters. The topological polar surface area (TPSA) is 26.3 Å². The fourth-order valence-corrected chi connectivity index (χ4v) is 1.71. The van der Waals surface area contributed by atoms with Crippen LogP contribution >= 0.6 is 0 Å². The minimum absolute atomic E-state index is 0.317. The average molecular weight is 126 g/mol. The number of carbonyl (C=O) groups excluding carboxylic acids is 1. The van der Waals surface area contributed by atoms with Crippen molar-refractivity contribution in [3.8, 4) is 0 Å². The monoisotopic (exact) mass is 126 g/mol. The molecule has 50 valence electrons. The van der Waals surface area contributed by atoms with Gasteiger partial charge in [-0.15, -0.1) is 0 Å². The lowest BCUT2D eigenvalue weighted by Gasteiger charge is -2.34. The third kappa shape index (κ3) is 0.697. The van der Waals surface area contributed by atoms with Crippen molar-refractivity contribution < 1.29 is 9.53 Å². The minimum atomic E-state index is 0.317. The van der Waals surface area contributed by atoms with Crippen LogP contribution in [0, 0.1) is 5.41 Å². The Bertz CT molecular complexity index is 135. The zero-order valence-corrected chi connectivity index (χ0v) is 5.35. The Hall–Kier alpha value is -0.370. The molecule has 0 N–H and O–H groups in total. The second-order valence-electron chi connectivity index (χ2n) is 3.19. The minimum Gasteiger partial charge on any atom is -0.381 e. The summed E-state index contributed by atoms with van der Waals surface area (Å²) >= 11 is 0. The van der Waals surface area contributed by atoms with Gasteiger partial charge in [-0.2, -0.15) is 0 Å². The van der Waals surface area contributed by atoms with Gasteiger partial charge in [-0.05, 0) is 6.42 Å². The first kappa shape index (κ1) is 5.42. The number of ketones is 1. The van der Waals surface area contributed by atoms with Crippen LogP contribution in [0.5, 0.6) is 0 Å². The van der Waals surface area contributed by atoms with Crippen LogP contribution in [0.15, 0.2) is 0 Å². The van der Waals surface area contributed by atoms with E-state index in [-0.39, 0.29) is 0 Å². The molecule has 0 aromatic carbocycles. The van der Waals surface area contributed by atoms with Crippen molar-refractivity contribution in [1.82, 2.24) is 0 Å². The van der Waals surface area contributed by atoms with Gasteiger partial charge in [0.05, 0.1) is 6.61 Å². The van der Waals surface area contributed by atoms with E-state index in [4.69, 9.17) is 4.74 Å². The molecule has 1 aliphatic carbocycles. The summed E-state index contributed by atoms with van der Waals surface area (Å²) in [6.07, 6.45) is 2.68. The van der Waals surface area contributed by atoms with Crippen molar-refractivity contribution in [3.05, 3.63) is 0 Å². The Morgan fingerprint density at radius 2 is 2.22 bits per heavy atom. The van der Waals surface area contributed by atoms with Crippen LogP contribution in [0.25, 0.3) is 0 Å². The summed E-state index contributed by atoms with van der Waals surface area (Å²) in [6.45, 7) is 1.70. The Kier molecular flexibility index (Phi) is 0.943. The van der Waals surface area contributed by atoms with E-state index in [9.17, 15) is 4.79 Å². The Balaban J connectivity index is 2.03. The van der Waals surface area contributed by atoms with Gasteiger partial charge in [0, 0.05) is 24.9 Å². The summed E-state index contributed by atoms with van der Waals surface area (Å²) in [7, 11) is 0. The Morgan fingerprint density at radius 1 is 1.44 bits per heavy atom. The highest BCUT2D eigenvalue weighted by molar-refractivity contribution is 5.86. The lowest BCUT2D eigenvalue weighted by atomic mass is 9.68. The largest absolute Gasteiger partial charge is 0.381 e. The predicted molar refractivity (Wildman–Crippen MR) is 32.1 cm³/mol. The van der Waals surface area contributed by atoms with Crippen LogP contribution < -0.4 is 0 Å². The molecular weight excluding hydrogens is 116 g/mol. The van der Waals surface area contributed by atoms with Crippen LogP contribution in [0.3, 0.4) is 0 Å². The Morgan fingerprint density at radius 3 is 2.67 bits per heavy atom. The van der Waals surface area contributed by atoms with Gasteiger partial charge in [-0.1, -0.05) is 0 Å². The van der Waals surface area contributed by atoms with E-state index in [0.717, 1.165) is 32.5 Å². The molecule has 0 amide bonds. The summed E-state index contributed by atoms with van der Waals surface area (Å²) < 4.78 is 5.20. The molecule has 1 aliphatic heterocycles. The van der Waals surface area contributed by atoms with Crippen molar-refractivity contribution in [1.29, 1.82) is 0 Å². The fraction of sp³-hybridized carbons (Fsp3) is 0.857. The van der Waals surface area contributed by atoms with Crippen molar-refractivity contribution >= 4 is 5.78 Å². The molecule has 2 fully saturated rings. The molecule has 0 aromatic heterocycles. The van der Waals surface area contributed by atoms with Gasteiger partial charge in [0.1, 0.15) is 5.78 Å². The van der Waals surface area contributed by atoms with Gasteiger partial charge in [0.2, 0.25) is 0 Å². The molecule has 2 aliphatic rings. The standard InChI is InChI=1S/C7H10O2/c8-6-3-7(4-6)1-2-9-5-7/h1-5H2. The third-order valence-corrected chi connectivity index (χ3v) is 2.33. The molecule has 0 unspecified atom stereocenters. The smallest absolute Gasteiger partial charge is 0.134 e. The molecule has 9 heavy (non-hydrogen) atoms. The molecular formula is C7H10O2. The van der Waals surface area contributed by atoms with E-state index in [1.165, 1.54) is 0 Å². The first-order chi connectivity index (χ1) is 4.31. The molecule has 1 spiro atoms. The van der Waals surface area contributed by atoms with Crippen molar-refractivity contribution in [2.45, 2.75) is 19.3 Å². The second-order valence-corrected chi connectivity index (χ2v) is 3.19. The van der Waals surface area contributed by atoms with Gasteiger partial charge in [-0.25, -0.2) is 0 Å². The summed E-state index contributed by atoms with van der Waals surface area (Å²) in [5.41, 5.74) is 0.317. The lowest BCUT2D eigenvalue weighted by molar-refractivity contribution is -0.132. The van der Waals surface area contributed by atoms with Gasteiger partial charge in [0.15, 0.2) is 0 Å². The van der Waals surface area contributed by atoms with Crippen molar-refractivity contribution in [3.63, 3.8) is 0 Å². The third-order valence-electron chi connectivity index (χ3n) is 2.33. The number of ether oxygens (including phenoxy) is 1. The maximum absolute atomic E-state index is 10.6. The van der Waals surface area contributed by atoms with E-state index in [1.54, 1.807) is 0 Å². The molecule has 2 heteroatoms. The first-order valence-corrected chi connectivity index (χ1v) is 3.40. The van der Waals surface area contributed by atoms with Crippen molar-refractivity contribution in [2.75, 3.05) is 13.2 Å². The summed E-state index contributed by atoms with van der Waals surface area (Å²) in [5.74, 6) is 0.417. The quantitative estimate of drug-likeness (QED) is 0.479. The average Bonchev–Trinajstić information content (AvgIpc) is 2.12. The molecule has 2 nitrogen and oxygen atoms in total. The molecule has 1 saturated carbocycles. The molecule has 0 bridgehead atoms. The maximum Gasteiger partial charge on any atom is 0.134 e. The van der Waals surface area contributed by atoms with E-state index >= 15 is 0 Å². The number of hydrogen-bond donors (Lipinski definition) is 0. The van der Waals surface area contributed by atoms with Gasteiger partial charge in [-0.3, -0.25) is 4.79 Å². The number of hydrogen-bond acceptors (Lipinski definition) is 2. The molecule has 0 radical (unpaired) electrons. The van der Waals surface area contributed by atoms with Gasteiger partial charge < -0.3 is 4.74 Å². The lowest BCUT2D eigenvalue weighted by Crippen LogP contribution is -2.37. The van der Waals surface area contributed by atoms with E-state index < -0.39 is 0 Å². The zero-order chi connectivity index (χ0) is 6.32. The SMILES string of the molecule is O=C1CC2(CCOC2)C1. The zero-order valence-electron chi connectivity index (χ0n) is 5.35. The normalized spacial score (nSPS) is 30.9. The van der Waals surface area contributed by atoms with E-state index in [0.29, 0.717) is 11.2 Å².